The normalized spacial score (nSPS) is 14.1. The molecule has 1 atom stereocenters. The van der Waals surface area contributed by atoms with Crippen molar-refractivity contribution in [3.63, 3.8) is 0 Å². The van der Waals surface area contributed by atoms with Gasteiger partial charge in [-0.15, -0.1) is 29.3 Å². The maximum Gasteiger partial charge on any atom is 0.316 e. The smallest absolute Gasteiger partial charge is 0.316 e. The Labute approximate surface area is 490 Å². The molecule has 1 aliphatic carbocycles. The van der Waals surface area contributed by atoms with Crippen molar-refractivity contribution >= 4 is 27.3 Å². The van der Waals surface area contributed by atoms with Crippen molar-refractivity contribution in [3.8, 4) is 56.5 Å². The first-order valence-corrected chi connectivity index (χ1v) is 28.9. The van der Waals surface area contributed by atoms with E-state index in [1.54, 1.807) is 0 Å². The second-order valence-electron chi connectivity index (χ2n) is 24.1. The van der Waals surface area contributed by atoms with Crippen LogP contribution in [0.5, 0.6) is 0 Å². The molecule has 0 saturated carbocycles. The zero-order valence-corrected chi connectivity index (χ0v) is 51.4. The molecule has 0 bridgehead atoms. The maximum atomic E-state index is 8.40. The third-order valence-electron chi connectivity index (χ3n) is 15.9. The average Bonchev–Trinajstić information content (AvgIpc) is 3.89. The number of benzene rings is 7. The molecular weight excluding hydrogens is 1160 g/mol. The number of pyridine rings is 1. The van der Waals surface area contributed by atoms with E-state index >= 15 is 0 Å². The summed E-state index contributed by atoms with van der Waals surface area (Å²) in [5.41, 5.74) is 16.4. The summed E-state index contributed by atoms with van der Waals surface area (Å²) in [5, 5.41) is 13.0. The van der Waals surface area contributed by atoms with Crippen LogP contribution in [0.1, 0.15) is 166 Å². The van der Waals surface area contributed by atoms with Gasteiger partial charge in [0.1, 0.15) is 0 Å². The standard InChI is InChI=1S/C68H71N4.C5H8O2.Ir/c1-10-12-14-16-22-45-40-46(23-17-15-13-11-2)42-53(41-45)68(9)59-39-33-47-24-18-19-25-54(47)61(59)57-38-32-50(43-60(57)68)62-56-27-21-20-26-55(56)58(44-69-62)65-71-63(48-28-34-51(35-29-48)66(3,4)5)70-64(72-65)49-30-36-52(37-31-49)67(6,7)8;1-4(6)3-5(2)7;/h18-21,24-31,33-44H,10-17,22-23H2,1-9H3;3,6H,1-2H3;/q-1;;/p+1/b;4-3-;. The Morgan fingerprint density at radius 1 is 0.588 bits per heavy atom. The largest absolute Gasteiger partial charge is 0.512 e. The number of aliphatic hydroxyl groups excluding tert-OH is 1. The first-order valence-electron chi connectivity index (χ1n) is 28.9. The van der Waals surface area contributed by atoms with Gasteiger partial charge in [0.2, 0.25) is 0 Å². The predicted molar refractivity (Wildman–Crippen MR) is 333 cm³/mol. The fourth-order valence-electron chi connectivity index (χ4n) is 11.4. The van der Waals surface area contributed by atoms with Crippen LogP contribution in [0.25, 0.3) is 78.1 Å². The number of aryl methyl sites for hydroxylation is 2. The minimum Gasteiger partial charge on any atom is -0.512 e. The third-order valence-corrected chi connectivity index (χ3v) is 15.9. The number of aliphatic hydroxyl groups is 1. The van der Waals surface area contributed by atoms with Crippen LogP contribution in [0, 0.1) is 6.07 Å². The van der Waals surface area contributed by atoms with Crippen LogP contribution < -0.4 is 0 Å². The number of allylic oxidation sites excluding steroid dienone is 2. The van der Waals surface area contributed by atoms with Crippen molar-refractivity contribution in [1.82, 2.24) is 19.9 Å². The summed E-state index contributed by atoms with van der Waals surface area (Å²) in [7, 11) is 0. The van der Waals surface area contributed by atoms with Crippen molar-refractivity contribution in [3.05, 3.63) is 203 Å². The number of ketones is 1. The van der Waals surface area contributed by atoms with Crippen molar-refractivity contribution in [2.24, 2.45) is 0 Å². The van der Waals surface area contributed by atoms with Gasteiger partial charge in [0.25, 0.3) is 0 Å². The minimum atomic E-state index is -0.403. The number of hydrogen-bond acceptors (Lipinski definition) is 5. The van der Waals surface area contributed by atoms with E-state index in [0.29, 0.717) is 17.5 Å². The van der Waals surface area contributed by atoms with Crippen molar-refractivity contribution in [2.75, 3.05) is 0 Å². The van der Waals surface area contributed by atoms with Crippen molar-refractivity contribution in [1.29, 1.82) is 0 Å². The maximum absolute atomic E-state index is 8.40. The molecule has 2 aromatic heterocycles. The number of unbranched alkanes of at least 4 members (excludes halogenated alkanes) is 6. The van der Waals surface area contributed by atoms with Crippen LogP contribution in [0.2, 0.25) is 0 Å². The molecule has 6 nitrogen and oxygen atoms in total. The summed E-state index contributed by atoms with van der Waals surface area (Å²) >= 11 is 0. The topological polar surface area (TPSA) is 93.2 Å². The molecule has 9 aromatic rings. The third kappa shape index (κ3) is 13.0. The zero-order chi connectivity index (χ0) is 56.1. The van der Waals surface area contributed by atoms with E-state index in [9.17, 15) is 0 Å². The van der Waals surface area contributed by atoms with Gasteiger partial charge >= 0.3 is 5.78 Å². The molecule has 2 N–H and O–H groups in total. The molecule has 413 valence electrons. The molecule has 10 rings (SSSR count). The molecule has 1 aliphatic rings. The molecule has 2 heterocycles. The number of carbonyl (C=O) groups excluding carboxylic acids is 1. The van der Waals surface area contributed by atoms with Crippen LogP contribution in [0.4, 0.5) is 0 Å². The van der Waals surface area contributed by atoms with Gasteiger partial charge in [-0.2, -0.15) is 0 Å². The molecule has 0 spiro atoms. The van der Waals surface area contributed by atoms with E-state index in [1.165, 1.54) is 132 Å². The number of fused-ring (bicyclic) bond motifs is 6. The van der Waals surface area contributed by atoms with E-state index in [4.69, 9.17) is 29.8 Å². The molecular formula is C73H80IrN4O2. The van der Waals surface area contributed by atoms with E-state index in [0.717, 1.165) is 51.6 Å². The summed E-state index contributed by atoms with van der Waals surface area (Å²) in [6.07, 6.45) is 15.5. The molecule has 0 fully saturated rings. The first-order chi connectivity index (χ1) is 37.9. The fourth-order valence-corrected chi connectivity index (χ4v) is 11.4. The van der Waals surface area contributed by atoms with Gasteiger partial charge in [-0.3, -0.25) is 4.79 Å². The van der Waals surface area contributed by atoms with Gasteiger partial charge < -0.3 is 10.1 Å². The molecule has 0 saturated heterocycles. The van der Waals surface area contributed by atoms with Crippen LogP contribution in [0.3, 0.4) is 0 Å². The number of rotatable bonds is 16. The Morgan fingerprint density at radius 2 is 1.11 bits per heavy atom. The van der Waals surface area contributed by atoms with E-state index in [2.05, 4.69) is 208 Å². The van der Waals surface area contributed by atoms with Gasteiger partial charge in [-0.1, -0.05) is 227 Å². The average molecular weight is 1240 g/mol. The van der Waals surface area contributed by atoms with Gasteiger partial charge in [-0.25, -0.2) is 15.0 Å². The molecule has 7 heteroatoms. The molecule has 1 unspecified atom stereocenters. The van der Waals surface area contributed by atoms with Crippen LogP contribution in [-0.4, -0.2) is 35.6 Å². The van der Waals surface area contributed by atoms with Gasteiger partial charge in [0, 0.05) is 48.4 Å². The van der Waals surface area contributed by atoms with E-state index < -0.39 is 5.41 Å². The number of aromatic nitrogens is 4. The molecule has 80 heavy (non-hydrogen) atoms. The van der Waals surface area contributed by atoms with Gasteiger partial charge in [-0.05, 0) is 117 Å². The quantitative estimate of drug-likeness (QED) is 0.0342. The van der Waals surface area contributed by atoms with Crippen LogP contribution in [0.15, 0.2) is 158 Å². The fraction of sp³-hybridized carbons (Fsp3) is 0.329. The second-order valence-corrected chi connectivity index (χ2v) is 24.1. The first kappa shape index (κ1) is 59.2. The Kier molecular flexibility index (Phi) is 18.7. The number of hydrogen-bond donors (Lipinski definition) is 1. The molecule has 1 radical (unpaired) electrons. The zero-order valence-electron chi connectivity index (χ0n) is 49.0. The summed E-state index contributed by atoms with van der Waals surface area (Å²) in [6.45, 7) is 23.5. The monoisotopic (exact) mass is 1240 g/mol. The molecule has 0 aliphatic heterocycles. The van der Waals surface area contributed by atoms with Gasteiger partial charge in [0.05, 0.1) is 18.8 Å². The Balaban J connectivity index is 0.000000987. The summed E-state index contributed by atoms with van der Waals surface area (Å²) < 4.78 is 0. The van der Waals surface area contributed by atoms with Crippen molar-refractivity contribution < 1.29 is 30.0 Å². The number of nitrogens with zero attached hydrogens (tertiary/aromatic N) is 4. The van der Waals surface area contributed by atoms with E-state index in [1.807, 2.05) is 6.20 Å². The minimum absolute atomic E-state index is 0. The summed E-state index contributed by atoms with van der Waals surface area (Å²) in [5.74, 6) is 2.12. The second kappa shape index (κ2) is 25.3. The van der Waals surface area contributed by atoms with E-state index in [-0.39, 0.29) is 42.5 Å². The molecule has 7 aromatic carbocycles. The Hall–Kier alpha value is -6.92. The predicted octanol–water partition coefficient (Wildman–Crippen LogP) is 19.2. The van der Waals surface area contributed by atoms with Crippen LogP contribution in [-0.2, 0) is 49.2 Å². The summed E-state index contributed by atoms with van der Waals surface area (Å²) in [4.78, 5) is 29.4. The summed E-state index contributed by atoms with van der Waals surface area (Å²) in [6, 6.07) is 55.7. The SMILES string of the molecule is CC(=[OH+])/C=C(/C)O.CCCCCCc1cc(CCCCCC)cc(C2(C)c3cc(-c4ncc(-c5nc(-c6ccc(C(C)(C)C)cc6)nc(-c6ccc(C(C)(C)C)cc6)n5)c5ccccc45)[c-]cc3-c3c2ccc2ccccc32)c1.[Ir]. The van der Waals surface area contributed by atoms with Crippen molar-refractivity contribution in [2.45, 2.75) is 157 Å². The van der Waals surface area contributed by atoms with Crippen LogP contribution >= 0.6 is 0 Å². The Morgan fingerprint density at radius 3 is 1.62 bits per heavy atom. The van der Waals surface area contributed by atoms with Gasteiger partial charge in [0.15, 0.2) is 17.5 Å². The Bertz CT molecular complexity index is 3570. The molecule has 0 amide bonds.